The number of aromatic carboxylic acids is 1. The van der Waals surface area contributed by atoms with Gasteiger partial charge in [0.25, 0.3) is 0 Å². The van der Waals surface area contributed by atoms with Crippen molar-refractivity contribution in [3.05, 3.63) is 77.4 Å². The molecule has 0 atom stereocenters. The highest BCUT2D eigenvalue weighted by Gasteiger charge is 2.15. The van der Waals surface area contributed by atoms with Crippen molar-refractivity contribution in [1.29, 1.82) is 0 Å². The third-order valence-corrected chi connectivity index (χ3v) is 4.80. The Morgan fingerprint density at radius 1 is 1.00 bits per heavy atom. The predicted octanol–water partition coefficient (Wildman–Crippen LogP) is 4.65. The third kappa shape index (κ3) is 4.27. The number of rotatable bonds is 7. The maximum Gasteiger partial charge on any atom is 0.337 e. The van der Waals surface area contributed by atoms with Gasteiger partial charge in [-0.1, -0.05) is 18.2 Å². The Morgan fingerprint density at radius 2 is 1.79 bits per heavy atom. The van der Waals surface area contributed by atoms with Gasteiger partial charge in [0.05, 0.1) is 18.4 Å². The fourth-order valence-electron chi connectivity index (χ4n) is 3.28. The first-order valence-electron chi connectivity index (χ1n) is 9.28. The van der Waals surface area contributed by atoms with Crippen molar-refractivity contribution >= 4 is 17.3 Å². The zero-order valence-electron chi connectivity index (χ0n) is 16.0. The van der Waals surface area contributed by atoms with E-state index >= 15 is 0 Å². The Balaban J connectivity index is 1.54. The minimum atomic E-state index is -0.979. The molecule has 0 saturated heterocycles. The van der Waals surface area contributed by atoms with E-state index in [9.17, 15) is 9.90 Å². The van der Waals surface area contributed by atoms with Gasteiger partial charge in [-0.3, -0.25) is 0 Å². The Bertz CT molecular complexity index is 1050. The molecule has 148 valence electrons. The third-order valence-electron chi connectivity index (χ3n) is 4.80. The number of carboxylic acid groups (broad SMARTS) is 1. The molecule has 6 heteroatoms. The van der Waals surface area contributed by atoms with Gasteiger partial charge in [-0.2, -0.15) is 0 Å². The van der Waals surface area contributed by atoms with Crippen LogP contribution >= 0.6 is 0 Å². The van der Waals surface area contributed by atoms with Crippen LogP contribution in [0, 0.1) is 0 Å². The summed E-state index contributed by atoms with van der Waals surface area (Å²) in [4.78, 5) is 11.7. The molecule has 3 aromatic rings. The highest BCUT2D eigenvalue weighted by molar-refractivity contribution is 5.95. The average molecular weight is 391 g/mol. The number of carboxylic acids is 1. The van der Waals surface area contributed by atoms with E-state index < -0.39 is 5.97 Å². The minimum Gasteiger partial charge on any atom is -0.497 e. The van der Waals surface area contributed by atoms with Crippen molar-refractivity contribution in [1.82, 2.24) is 0 Å². The molecule has 6 nitrogen and oxygen atoms in total. The summed E-state index contributed by atoms with van der Waals surface area (Å²) in [5, 5.41) is 12.8. The lowest BCUT2D eigenvalue weighted by Crippen LogP contribution is -2.04. The SMILES string of the molecule is COc1cccc(CCc2ccc(C(=O)O)c(Nc3ccc4c(c3)OCO4)c2)c1. The van der Waals surface area contributed by atoms with E-state index in [-0.39, 0.29) is 12.4 Å². The molecule has 0 aliphatic carbocycles. The zero-order chi connectivity index (χ0) is 20.2. The summed E-state index contributed by atoms with van der Waals surface area (Å²) in [5.41, 5.74) is 3.70. The quantitative estimate of drug-likeness (QED) is 0.610. The molecule has 0 spiro atoms. The zero-order valence-corrected chi connectivity index (χ0v) is 16.0. The van der Waals surface area contributed by atoms with Gasteiger partial charge < -0.3 is 24.6 Å². The monoisotopic (exact) mass is 391 g/mol. The van der Waals surface area contributed by atoms with Gasteiger partial charge in [0.2, 0.25) is 6.79 Å². The van der Waals surface area contributed by atoms with Crippen molar-refractivity contribution in [2.45, 2.75) is 12.8 Å². The molecule has 0 aromatic heterocycles. The number of benzene rings is 3. The van der Waals surface area contributed by atoms with Gasteiger partial charge in [-0.15, -0.1) is 0 Å². The second-order valence-corrected chi connectivity index (χ2v) is 6.73. The van der Waals surface area contributed by atoms with Crippen LogP contribution in [-0.4, -0.2) is 25.0 Å². The van der Waals surface area contributed by atoms with Crippen LogP contribution in [0.4, 0.5) is 11.4 Å². The van der Waals surface area contributed by atoms with E-state index in [4.69, 9.17) is 14.2 Å². The highest BCUT2D eigenvalue weighted by atomic mass is 16.7. The molecule has 0 bridgehead atoms. The van der Waals surface area contributed by atoms with Crippen LogP contribution < -0.4 is 19.5 Å². The lowest BCUT2D eigenvalue weighted by atomic mass is 10.0. The first-order chi connectivity index (χ1) is 14.1. The maximum atomic E-state index is 11.7. The van der Waals surface area contributed by atoms with Crippen LogP contribution in [0.15, 0.2) is 60.7 Å². The molecule has 0 unspecified atom stereocenters. The molecule has 1 aliphatic rings. The minimum absolute atomic E-state index is 0.193. The molecule has 2 N–H and O–H groups in total. The number of hydrogen-bond acceptors (Lipinski definition) is 5. The Hall–Kier alpha value is -3.67. The smallest absolute Gasteiger partial charge is 0.337 e. The van der Waals surface area contributed by atoms with E-state index in [0.717, 1.165) is 35.4 Å². The fourth-order valence-corrected chi connectivity index (χ4v) is 3.28. The normalized spacial score (nSPS) is 11.9. The fraction of sp³-hybridized carbons (Fsp3) is 0.174. The van der Waals surface area contributed by atoms with Crippen LogP contribution in [0.3, 0.4) is 0 Å². The number of nitrogens with one attached hydrogen (secondary N) is 1. The number of carbonyl (C=O) groups is 1. The molecule has 3 aromatic carbocycles. The van der Waals surface area contributed by atoms with Gasteiger partial charge in [-0.05, 0) is 60.4 Å². The molecule has 0 amide bonds. The topological polar surface area (TPSA) is 77.0 Å². The number of hydrogen-bond donors (Lipinski definition) is 2. The molecule has 0 radical (unpaired) electrons. The second-order valence-electron chi connectivity index (χ2n) is 6.73. The standard InChI is InChI=1S/C23H21NO5/c1-27-18-4-2-3-15(11-18)5-6-16-7-9-19(23(25)26)20(12-16)24-17-8-10-21-22(13-17)29-14-28-21/h2-4,7-13,24H,5-6,14H2,1H3,(H,25,26). The second kappa shape index (κ2) is 8.14. The van der Waals surface area contributed by atoms with Crippen LogP contribution in [-0.2, 0) is 12.8 Å². The first-order valence-corrected chi connectivity index (χ1v) is 9.28. The largest absolute Gasteiger partial charge is 0.497 e. The summed E-state index contributed by atoms with van der Waals surface area (Å²) in [6.07, 6.45) is 1.61. The molecule has 4 rings (SSSR count). The lowest BCUT2D eigenvalue weighted by Gasteiger charge is -2.13. The maximum absolute atomic E-state index is 11.7. The summed E-state index contributed by atoms with van der Waals surface area (Å²) >= 11 is 0. The van der Waals surface area contributed by atoms with Crippen LogP contribution in [0.5, 0.6) is 17.2 Å². The number of methoxy groups -OCH3 is 1. The lowest BCUT2D eigenvalue weighted by molar-refractivity contribution is 0.0698. The summed E-state index contributed by atoms with van der Waals surface area (Å²) in [5.74, 6) is 1.17. The Morgan fingerprint density at radius 3 is 2.59 bits per heavy atom. The van der Waals surface area contributed by atoms with Gasteiger partial charge in [0.15, 0.2) is 11.5 Å². The molecule has 0 fully saturated rings. The molecular formula is C23H21NO5. The van der Waals surface area contributed by atoms with E-state index in [1.54, 1.807) is 25.3 Å². The molecule has 0 saturated carbocycles. The van der Waals surface area contributed by atoms with Gasteiger partial charge in [0, 0.05) is 11.8 Å². The molecular weight excluding hydrogens is 370 g/mol. The first kappa shape index (κ1) is 18.7. The number of fused-ring (bicyclic) bond motifs is 1. The van der Waals surface area contributed by atoms with Gasteiger partial charge in [-0.25, -0.2) is 4.79 Å². The molecule has 1 aliphatic heterocycles. The van der Waals surface area contributed by atoms with Crippen molar-refractivity contribution in [2.75, 3.05) is 19.2 Å². The summed E-state index contributed by atoms with van der Waals surface area (Å²) in [7, 11) is 1.65. The number of ether oxygens (including phenoxy) is 3. The number of aryl methyl sites for hydroxylation is 2. The van der Waals surface area contributed by atoms with E-state index in [1.165, 1.54) is 0 Å². The van der Waals surface area contributed by atoms with Crippen LogP contribution in [0.1, 0.15) is 21.5 Å². The Kier molecular flexibility index (Phi) is 5.24. The molecule has 29 heavy (non-hydrogen) atoms. The van der Waals surface area contributed by atoms with Gasteiger partial charge >= 0.3 is 5.97 Å². The number of anilines is 2. The average Bonchev–Trinajstić information content (AvgIpc) is 3.20. The molecule has 1 heterocycles. The van der Waals surface area contributed by atoms with Crippen molar-refractivity contribution < 1.29 is 24.1 Å². The summed E-state index contributed by atoms with van der Waals surface area (Å²) in [6, 6.07) is 18.8. The Labute approximate surface area is 168 Å². The van der Waals surface area contributed by atoms with Crippen molar-refractivity contribution in [3.63, 3.8) is 0 Å². The summed E-state index contributed by atoms with van der Waals surface area (Å²) in [6.45, 7) is 0.193. The predicted molar refractivity (Wildman–Crippen MR) is 110 cm³/mol. The van der Waals surface area contributed by atoms with Crippen molar-refractivity contribution in [2.24, 2.45) is 0 Å². The van der Waals surface area contributed by atoms with Crippen LogP contribution in [0.25, 0.3) is 0 Å². The highest BCUT2D eigenvalue weighted by Crippen LogP contribution is 2.35. The van der Waals surface area contributed by atoms with E-state index in [0.29, 0.717) is 17.2 Å². The van der Waals surface area contributed by atoms with Crippen molar-refractivity contribution in [3.8, 4) is 17.2 Å². The van der Waals surface area contributed by atoms with Crippen LogP contribution in [0.2, 0.25) is 0 Å². The summed E-state index contributed by atoms with van der Waals surface area (Å²) < 4.78 is 16.0. The van der Waals surface area contributed by atoms with E-state index in [2.05, 4.69) is 11.4 Å². The van der Waals surface area contributed by atoms with Gasteiger partial charge in [0.1, 0.15) is 5.75 Å². The van der Waals surface area contributed by atoms with E-state index in [1.807, 2.05) is 36.4 Å².